The molecule has 0 saturated heterocycles. The van der Waals surface area contributed by atoms with Crippen molar-refractivity contribution in [2.45, 2.75) is 13.0 Å². The Labute approximate surface area is 104 Å². The second-order valence-corrected chi connectivity index (χ2v) is 4.19. The summed E-state index contributed by atoms with van der Waals surface area (Å²) >= 11 is 0. The van der Waals surface area contributed by atoms with E-state index in [1.54, 1.807) is 6.92 Å². The molecule has 1 aromatic heterocycles. The summed E-state index contributed by atoms with van der Waals surface area (Å²) in [5, 5.41) is 15.5. The first-order valence-corrected chi connectivity index (χ1v) is 5.75. The van der Waals surface area contributed by atoms with Crippen LogP contribution in [0, 0.1) is 0 Å². The predicted octanol–water partition coefficient (Wildman–Crippen LogP) is 2.94. The lowest BCUT2D eigenvalue weighted by Gasteiger charge is -1.99. The van der Waals surface area contributed by atoms with Gasteiger partial charge in [-0.1, -0.05) is 41.6 Å². The number of aliphatic hydroxyl groups excluding tert-OH is 1. The fraction of sp³-hybridized carbons (Fsp3) is 0.143. The number of benzene rings is 2. The molecular formula is C14H12N2O2. The zero-order chi connectivity index (χ0) is 12.5. The topological polar surface area (TPSA) is 59.2 Å². The first kappa shape index (κ1) is 10.9. The maximum Gasteiger partial charge on any atom is 0.255 e. The molecule has 0 fully saturated rings. The molecule has 0 saturated carbocycles. The molecule has 18 heavy (non-hydrogen) atoms. The molecule has 1 N–H and O–H groups in total. The third kappa shape index (κ3) is 1.87. The van der Waals surface area contributed by atoms with Crippen molar-refractivity contribution in [2.75, 3.05) is 0 Å². The van der Waals surface area contributed by atoms with Gasteiger partial charge < -0.3 is 9.63 Å². The lowest BCUT2D eigenvalue weighted by molar-refractivity contribution is 0.152. The van der Waals surface area contributed by atoms with Gasteiger partial charge in [0.15, 0.2) is 0 Å². The zero-order valence-corrected chi connectivity index (χ0v) is 9.87. The van der Waals surface area contributed by atoms with E-state index in [0.29, 0.717) is 5.82 Å². The van der Waals surface area contributed by atoms with E-state index >= 15 is 0 Å². The molecule has 3 rings (SSSR count). The Kier molecular flexibility index (Phi) is 2.57. The molecule has 0 aliphatic carbocycles. The predicted molar refractivity (Wildman–Crippen MR) is 67.9 cm³/mol. The molecule has 1 heterocycles. The first-order chi connectivity index (χ1) is 8.74. The molecule has 1 atom stereocenters. The number of hydrogen-bond donors (Lipinski definition) is 1. The van der Waals surface area contributed by atoms with Gasteiger partial charge in [0, 0.05) is 5.56 Å². The normalized spacial score (nSPS) is 12.8. The number of aliphatic hydroxyl groups is 1. The molecule has 0 bridgehead atoms. The van der Waals surface area contributed by atoms with Crippen molar-refractivity contribution < 1.29 is 9.63 Å². The molecule has 0 spiro atoms. The van der Waals surface area contributed by atoms with Crippen LogP contribution in [0.2, 0.25) is 0 Å². The van der Waals surface area contributed by atoms with E-state index in [-0.39, 0.29) is 5.89 Å². The van der Waals surface area contributed by atoms with E-state index in [2.05, 4.69) is 16.2 Å². The molecule has 0 aliphatic rings. The largest absolute Gasteiger partial charge is 0.384 e. The van der Waals surface area contributed by atoms with Crippen LogP contribution in [0.1, 0.15) is 18.9 Å². The zero-order valence-electron chi connectivity index (χ0n) is 9.87. The minimum atomic E-state index is -0.744. The van der Waals surface area contributed by atoms with Crippen LogP contribution < -0.4 is 0 Å². The third-order valence-electron chi connectivity index (χ3n) is 2.81. The molecule has 0 aliphatic heterocycles. The van der Waals surface area contributed by atoms with Crippen LogP contribution in [0.15, 0.2) is 47.0 Å². The summed E-state index contributed by atoms with van der Waals surface area (Å²) in [6, 6.07) is 14.0. The second kappa shape index (κ2) is 4.23. The molecule has 1 unspecified atom stereocenters. The monoisotopic (exact) mass is 240 g/mol. The van der Waals surface area contributed by atoms with Crippen molar-refractivity contribution in [3.8, 4) is 11.4 Å². The van der Waals surface area contributed by atoms with Crippen LogP contribution >= 0.6 is 0 Å². The van der Waals surface area contributed by atoms with Crippen LogP contribution in [0.25, 0.3) is 22.2 Å². The van der Waals surface area contributed by atoms with Crippen molar-refractivity contribution in [3.63, 3.8) is 0 Å². The van der Waals surface area contributed by atoms with Gasteiger partial charge in [-0.25, -0.2) is 0 Å². The first-order valence-electron chi connectivity index (χ1n) is 5.75. The van der Waals surface area contributed by atoms with Crippen molar-refractivity contribution in [1.29, 1.82) is 0 Å². The van der Waals surface area contributed by atoms with Crippen LogP contribution in [0.3, 0.4) is 0 Å². The summed E-state index contributed by atoms with van der Waals surface area (Å²) in [5.74, 6) is 0.731. The van der Waals surface area contributed by atoms with Crippen molar-refractivity contribution in [2.24, 2.45) is 0 Å². The van der Waals surface area contributed by atoms with Crippen LogP contribution in [0.4, 0.5) is 0 Å². The molecular weight excluding hydrogens is 228 g/mol. The van der Waals surface area contributed by atoms with Crippen LogP contribution in [-0.2, 0) is 0 Å². The maximum atomic E-state index is 9.36. The average molecular weight is 240 g/mol. The van der Waals surface area contributed by atoms with Crippen molar-refractivity contribution in [1.82, 2.24) is 10.1 Å². The number of aromatic nitrogens is 2. The van der Waals surface area contributed by atoms with E-state index in [1.165, 1.54) is 5.39 Å². The Morgan fingerprint density at radius 1 is 1.11 bits per heavy atom. The van der Waals surface area contributed by atoms with Crippen LogP contribution in [0.5, 0.6) is 0 Å². The molecule has 4 nitrogen and oxygen atoms in total. The minimum absolute atomic E-state index is 0.234. The highest BCUT2D eigenvalue weighted by atomic mass is 16.5. The summed E-state index contributed by atoms with van der Waals surface area (Å²) in [4.78, 5) is 4.16. The molecule has 4 heteroatoms. The van der Waals surface area contributed by atoms with Gasteiger partial charge in [-0.3, -0.25) is 0 Å². The smallest absolute Gasteiger partial charge is 0.255 e. The Bertz CT molecular complexity index is 689. The highest BCUT2D eigenvalue weighted by Crippen LogP contribution is 2.23. The van der Waals surface area contributed by atoms with Gasteiger partial charge in [0.25, 0.3) is 5.89 Å². The van der Waals surface area contributed by atoms with Gasteiger partial charge in [-0.15, -0.1) is 0 Å². The summed E-state index contributed by atoms with van der Waals surface area (Å²) in [6.07, 6.45) is -0.744. The number of fused-ring (bicyclic) bond motifs is 1. The standard InChI is InChI=1S/C14H12N2O2/c1-9(17)14-15-13(16-18-14)12-7-6-10-4-2-3-5-11(10)8-12/h2-9,17H,1H3. The molecule has 90 valence electrons. The van der Waals surface area contributed by atoms with E-state index in [9.17, 15) is 5.11 Å². The van der Waals surface area contributed by atoms with E-state index < -0.39 is 6.10 Å². The summed E-state index contributed by atoms with van der Waals surface area (Å²) in [5.41, 5.74) is 0.879. The lowest BCUT2D eigenvalue weighted by atomic mass is 10.1. The van der Waals surface area contributed by atoms with Crippen molar-refractivity contribution >= 4 is 10.8 Å². The van der Waals surface area contributed by atoms with E-state index in [0.717, 1.165) is 10.9 Å². The SMILES string of the molecule is CC(O)c1nc(-c2ccc3ccccc3c2)no1. The van der Waals surface area contributed by atoms with Gasteiger partial charge in [0.05, 0.1) is 0 Å². The molecule has 0 amide bonds. The number of rotatable bonds is 2. The number of hydrogen-bond acceptors (Lipinski definition) is 4. The Morgan fingerprint density at radius 3 is 2.61 bits per heavy atom. The van der Waals surface area contributed by atoms with E-state index in [4.69, 9.17) is 4.52 Å². The second-order valence-electron chi connectivity index (χ2n) is 4.19. The summed E-state index contributed by atoms with van der Waals surface area (Å²) in [7, 11) is 0. The highest BCUT2D eigenvalue weighted by Gasteiger charge is 2.12. The highest BCUT2D eigenvalue weighted by molar-refractivity contribution is 5.86. The van der Waals surface area contributed by atoms with Gasteiger partial charge in [-0.05, 0) is 23.8 Å². The van der Waals surface area contributed by atoms with Gasteiger partial charge >= 0.3 is 0 Å². The Morgan fingerprint density at radius 2 is 1.89 bits per heavy atom. The molecule has 2 aromatic carbocycles. The molecule has 3 aromatic rings. The minimum Gasteiger partial charge on any atom is -0.384 e. The van der Waals surface area contributed by atoms with Crippen molar-refractivity contribution in [3.05, 3.63) is 48.4 Å². The Balaban J connectivity index is 2.07. The van der Waals surface area contributed by atoms with Gasteiger partial charge in [-0.2, -0.15) is 4.98 Å². The lowest BCUT2D eigenvalue weighted by Crippen LogP contribution is -1.90. The quantitative estimate of drug-likeness (QED) is 0.748. The maximum absolute atomic E-state index is 9.36. The third-order valence-corrected chi connectivity index (χ3v) is 2.81. The van der Waals surface area contributed by atoms with Gasteiger partial charge in [0.1, 0.15) is 6.10 Å². The summed E-state index contributed by atoms with van der Waals surface area (Å²) < 4.78 is 4.98. The van der Waals surface area contributed by atoms with E-state index in [1.807, 2.05) is 36.4 Å². The molecule has 0 radical (unpaired) electrons. The Hall–Kier alpha value is -2.20. The number of nitrogens with zero attached hydrogens (tertiary/aromatic N) is 2. The summed E-state index contributed by atoms with van der Waals surface area (Å²) in [6.45, 7) is 1.59. The van der Waals surface area contributed by atoms with Crippen LogP contribution in [-0.4, -0.2) is 15.2 Å². The van der Waals surface area contributed by atoms with Gasteiger partial charge in [0.2, 0.25) is 5.82 Å². The average Bonchev–Trinajstić information content (AvgIpc) is 2.88. The fourth-order valence-corrected chi connectivity index (χ4v) is 1.85. The fourth-order valence-electron chi connectivity index (χ4n) is 1.85.